The molecule has 0 radical (unpaired) electrons. The van der Waals surface area contributed by atoms with Gasteiger partial charge in [0.05, 0.1) is 0 Å². The van der Waals surface area contributed by atoms with Crippen LogP contribution in [0.1, 0.15) is 44.7 Å². The van der Waals surface area contributed by atoms with Crippen molar-refractivity contribution in [3.63, 3.8) is 0 Å². The second-order valence-corrected chi connectivity index (χ2v) is 5.32. The zero-order valence-electron chi connectivity index (χ0n) is 9.47. The zero-order chi connectivity index (χ0) is 10.8. The third-order valence-electron chi connectivity index (χ3n) is 2.65. The Bertz CT molecular complexity index is 300. The van der Waals surface area contributed by atoms with Crippen molar-refractivity contribution in [3.8, 4) is 0 Å². The van der Waals surface area contributed by atoms with Gasteiger partial charge in [0.2, 0.25) is 0 Å². The van der Waals surface area contributed by atoms with E-state index in [4.69, 9.17) is 0 Å². The van der Waals surface area contributed by atoms with Crippen LogP contribution in [0.2, 0.25) is 0 Å². The number of hydrogen-bond acceptors (Lipinski definition) is 0. The van der Waals surface area contributed by atoms with E-state index in [2.05, 4.69) is 67.9 Å². The van der Waals surface area contributed by atoms with Crippen LogP contribution >= 0.6 is 15.9 Å². The molecule has 0 heterocycles. The summed E-state index contributed by atoms with van der Waals surface area (Å²) in [6.45, 7) is 9.07. The molecule has 0 atom stereocenters. The lowest BCUT2D eigenvalue weighted by Gasteiger charge is -2.26. The fraction of sp³-hybridized carbons (Fsp3) is 0.538. The maximum absolute atomic E-state index is 3.59. The zero-order valence-corrected chi connectivity index (χ0v) is 11.1. The van der Waals surface area contributed by atoms with Crippen LogP contribution in [0.3, 0.4) is 0 Å². The Morgan fingerprint density at radius 2 is 1.79 bits per heavy atom. The summed E-state index contributed by atoms with van der Waals surface area (Å²) in [7, 11) is 0. The van der Waals surface area contributed by atoms with Gasteiger partial charge in [-0.1, -0.05) is 67.9 Å². The first-order valence-corrected chi connectivity index (χ1v) is 6.26. The fourth-order valence-corrected chi connectivity index (χ4v) is 1.99. The van der Waals surface area contributed by atoms with Crippen LogP contribution < -0.4 is 0 Å². The molecule has 0 aliphatic rings. The topological polar surface area (TPSA) is 0 Å². The summed E-state index contributed by atoms with van der Waals surface area (Å²) in [5.74, 6) is 0.601. The first-order chi connectivity index (χ1) is 6.49. The van der Waals surface area contributed by atoms with Gasteiger partial charge in [-0.3, -0.25) is 0 Å². The minimum atomic E-state index is 0.223. The van der Waals surface area contributed by atoms with Gasteiger partial charge in [0, 0.05) is 5.33 Å². The first-order valence-electron chi connectivity index (χ1n) is 5.14. The molecule has 1 aromatic carbocycles. The highest BCUT2D eigenvalue weighted by Gasteiger charge is 2.22. The summed E-state index contributed by atoms with van der Waals surface area (Å²) in [5, 5.41) is 1.00. The Hall–Kier alpha value is -0.300. The predicted octanol–water partition coefficient (Wildman–Crippen LogP) is 4.48. The van der Waals surface area contributed by atoms with Crippen LogP contribution in [0.25, 0.3) is 0 Å². The van der Waals surface area contributed by atoms with Crippen molar-refractivity contribution < 1.29 is 0 Å². The van der Waals surface area contributed by atoms with Crippen molar-refractivity contribution in [2.45, 2.75) is 39.0 Å². The SMILES string of the molecule is CC(C)c1ccccc1C(C)(C)CBr. The average molecular weight is 255 g/mol. The Morgan fingerprint density at radius 1 is 1.21 bits per heavy atom. The van der Waals surface area contributed by atoms with Gasteiger partial charge in [0.15, 0.2) is 0 Å². The molecule has 0 bridgehead atoms. The first kappa shape index (κ1) is 11.8. The molecule has 0 saturated carbocycles. The summed E-state index contributed by atoms with van der Waals surface area (Å²) >= 11 is 3.59. The van der Waals surface area contributed by atoms with E-state index in [0.29, 0.717) is 5.92 Å². The monoisotopic (exact) mass is 254 g/mol. The molecule has 0 unspecified atom stereocenters. The summed E-state index contributed by atoms with van der Waals surface area (Å²) in [4.78, 5) is 0. The van der Waals surface area contributed by atoms with Crippen LogP contribution in [0.5, 0.6) is 0 Å². The largest absolute Gasteiger partial charge is 0.0919 e. The minimum absolute atomic E-state index is 0.223. The molecular formula is C13H19Br. The van der Waals surface area contributed by atoms with Gasteiger partial charge in [-0.2, -0.15) is 0 Å². The van der Waals surface area contributed by atoms with E-state index >= 15 is 0 Å². The molecule has 1 heteroatoms. The highest BCUT2D eigenvalue weighted by Crippen LogP contribution is 2.31. The summed E-state index contributed by atoms with van der Waals surface area (Å²) in [6.07, 6.45) is 0. The van der Waals surface area contributed by atoms with Crippen molar-refractivity contribution in [1.29, 1.82) is 0 Å². The van der Waals surface area contributed by atoms with Crippen molar-refractivity contribution in [2.75, 3.05) is 5.33 Å². The van der Waals surface area contributed by atoms with Crippen molar-refractivity contribution in [1.82, 2.24) is 0 Å². The molecular weight excluding hydrogens is 236 g/mol. The van der Waals surface area contributed by atoms with Crippen LogP contribution in [0, 0.1) is 0 Å². The Labute approximate surface area is 95.9 Å². The molecule has 1 aromatic rings. The van der Waals surface area contributed by atoms with Crippen LogP contribution in [-0.4, -0.2) is 5.33 Å². The van der Waals surface area contributed by atoms with Gasteiger partial charge >= 0.3 is 0 Å². The molecule has 1 rings (SSSR count). The van der Waals surface area contributed by atoms with E-state index in [-0.39, 0.29) is 5.41 Å². The van der Waals surface area contributed by atoms with Gasteiger partial charge in [0.25, 0.3) is 0 Å². The molecule has 0 fully saturated rings. The molecule has 0 spiro atoms. The number of hydrogen-bond donors (Lipinski definition) is 0. The molecule has 78 valence electrons. The molecule has 14 heavy (non-hydrogen) atoms. The summed E-state index contributed by atoms with van der Waals surface area (Å²) in [6, 6.07) is 8.75. The Morgan fingerprint density at radius 3 is 2.29 bits per heavy atom. The van der Waals surface area contributed by atoms with Gasteiger partial charge in [-0.15, -0.1) is 0 Å². The maximum atomic E-state index is 3.59. The van der Waals surface area contributed by atoms with Gasteiger partial charge in [0.1, 0.15) is 0 Å². The average Bonchev–Trinajstić information content (AvgIpc) is 2.18. The molecule has 0 amide bonds. The van der Waals surface area contributed by atoms with Gasteiger partial charge in [-0.05, 0) is 22.5 Å². The van der Waals surface area contributed by atoms with Crippen molar-refractivity contribution >= 4 is 15.9 Å². The number of benzene rings is 1. The predicted molar refractivity (Wildman–Crippen MR) is 67.4 cm³/mol. The van der Waals surface area contributed by atoms with E-state index in [1.54, 1.807) is 0 Å². The maximum Gasteiger partial charge on any atom is 0.0123 e. The highest BCUT2D eigenvalue weighted by molar-refractivity contribution is 9.09. The van der Waals surface area contributed by atoms with Gasteiger partial charge < -0.3 is 0 Å². The van der Waals surface area contributed by atoms with Crippen LogP contribution in [-0.2, 0) is 5.41 Å². The normalized spacial score (nSPS) is 12.1. The lowest BCUT2D eigenvalue weighted by Crippen LogP contribution is -2.21. The number of rotatable bonds is 3. The Kier molecular flexibility index (Phi) is 3.77. The smallest absolute Gasteiger partial charge is 0.0123 e. The van der Waals surface area contributed by atoms with Crippen molar-refractivity contribution in [3.05, 3.63) is 35.4 Å². The Balaban J connectivity index is 3.20. The van der Waals surface area contributed by atoms with E-state index in [9.17, 15) is 0 Å². The lowest BCUT2D eigenvalue weighted by molar-refractivity contribution is 0.592. The van der Waals surface area contributed by atoms with Crippen LogP contribution in [0.15, 0.2) is 24.3 Å². The molecule has 0 aromatic heterocycles. The molecule has 0 aliphatic carbocycles. The summed E-state index contributed by atoms with van der Waals surface area (Å²) in [5.41, 5.74) is 3.16. The second kappa shape index (κ2) is 4.48. The quantitative estimate of drug-likeness (QED) is 0.698. The minimum Gasteiger partial charge on any atom is -0.0919 e. The lowest BCUT2D eigenvalue weighted by atomic mass is 9.81. The third-order valence-corrected chi connectivity index (χ3v) is 4.05. The van der Waals surface area contributed by atoms with Gasteiger partial charge in [-0.25, -0.2) is 0 Å². The third kappa shape index (κ3) is 2.38. The highest BCUT2D eigenvalue weighted by atomic mass is 79.9. The van der Waals surface area contributed by atoms with Crippen molar-refractivity contribution in [2.24, 2.45) is 0 Å². The number of alkyl halides is 1. The number of halogens is 1. The molecule has 0 N–H and O–H groups in total. The van der Waals surface area contributed by atoms with E-state index in [1.165, 1.54) is 11.1 Å². The standard InChI is InChI=1S/C13H19Br/c1-10(2)11-7-5-6-8-12(11)13(3,4)9-14/h5-8,10H,9H2,1-4H3. The summed E-state index contributed by atoms with van der Waals surface area (Å²) < 4.78 is 0. The van der Waals surface area contributed by atoms with Crippen LogP contribution in [0.4, 0.5) is 0 Å². The molecule has 0 nitrogen and oxygen atoms in total. The van der Waals surface area contributed by atoms with E-state index < -0.39 is 0 Å². The molecule has 0 aliphatic heterocycles. The second-order valence-electron chi connectivity index (χ2n) is 4.76. The van der Waals surface area contributed by atoms with E-state index in [1.807, 2.05) is 0 Å². The van der Waals surface area contributed by atoms with E-state index in [0.717, 1.165) is 5.33 Å². The molecule has 0 saturated heterocycles. The fourth-order valence-electron chi connectivity index (χ4n) is 1.69.